The Balaban J connectivity index is 2.76. The first-order valence-corrected chi connectivity index (χ1v) is 4.39. The third-order valence-corrected chi connectivity index (χ3v) is 1.79. The Labute approximate surface area is 83.6 Å². The lowest BCUT2D eigenvalue weighted by Crippen LogP contribution is -1.99. The normalized spacial score (nSPS) is 9.64. The third kappa shape index (κ3) is 3.09. The number of rotatable bonds is 3. The molecule has 14 heavy (non-hydrogen) atoms. The molecule has 0 saturated carbocycles. The number of carbonyl (C=O) groups excluding carboxylic acids is 1. The molecule has 76 valence electrons. The van der Waals surface area contributed by atoms with Crippen LogP contribution in [0.3, 0.4) is 0 Å². The van der Waals surface area contributed by atoms with E-state index in [-0.39, 0.29) is 5.97 Å². The van der Waals surface area contributed by atoms with Gasteiger partial charge in [-0.3, -0.25) is 4.79 Å². The molecular formula is C11H14O3. The Hall–Kier alpha value is -1.51. The Morgan fingerprint density at radius 2 is 2.07 bits per heavy atom. The molecule has 1 aromatic rings. The lowest BCUT2D eigenvalue weighted by Gasteiger charge is -2.06. The van der Waals surface area contributed by atoms with Crippen LogP contribution >= 0.6 is 0 Å². The number of aryl methyl sites for hydroxylation is 1. The monoisotopic (exact) mass is 194 g/mol. The third-order valence-electron chi connectivity index (χ3n) is 1.79. The fraction of sp³-hybridized carbons (Fsp3) is 0.364. The lowest BCUT2D eigenvalue weighted by molar-refractivity contribution is -0.142. The molecule has 0 aromatic heterocycles. The molecule has 0 bridgehead atoms. The maximum Gasteiger partial charge on any atom is 0.302 e. The van der Waals surface area contributed by atoms with Gasteiger partial charge in [-0.25, -0.2) is 0 Å². The van der Waals surface area contributed by atoms with Crippen LogP contribution in [-0.4, -0.2) is 13.1 Å². The number of esters is 1. The second-order valence-corrected chi connectivity index (χ2v) is 3.14. The quantitative estimate of drug-likeness (QED) is 0.691. The summed E-state index contributed by atoms with van der Waals surface area (Å²) in [5.41, 5.74) is 2.03. The summed E-state index contributed by atoms with van der Waals surface area (Å²) in [4.78, 5) is 10.6. The molecule has 0 aliphatic rings. The molecule has 0 atom stereocenters. The molecule has 1 aromatic carbocycles. The summed E-state index contributed by atoms with van der Waals surface area (Å²) < 4.78 is 9.99. The van der Waals surface area contributed by atoms with Crippen molar-refractivity contribution >= 4 is 5.97 Å². The molecule has 0 amide bonds. The lowest BCUT2D eigenvalue weighted by atomic mass is 10.1. The van der Waals surface area contributed by atoms with Gasteiger partial charge >= 0.3 is 5.97 Å². The van der Waals surface area contributed by atoms with Crippen LogP contribution in [0.1, 0.15) is 18.1 Å². The summed E-state index contributed by atoms with van der Waals surface area (Å²) in [6.07, 6.45) is 0. The van der Waals surface area contributed by atoms with Crippen molar-refractivity contribution in [2.45, 2.75) is 20.5 Å². The van der Waals surface area contributed by atoms with Gasteiger partial charge in [-0.1, -0.05) is 6.07 Å². The van der Waals surface area contributed by atoms with Crippen molar-refractivity contribution in [1.82, 2.24) is 0 Å². The van der Waals surface area contributed by atoms with Crippen molar-refractivity contribution < 1.29 is 14.3 Å². The first kappa shape index (κ1) is 10.6. The van der Waals surface area contributed by atoms with Crippen molar-refractivity contribution in [3.63, 3.8) is 0 Å². The van der Waals surface area contributed by atoms with Crippen LogP contribution in [0.5, 0.6) is 5.75 Å². The minimum Gasteiger partial charge on any atom is -0.497 e. The van der Waals surface area contributed by atoms with E-state index in [1.165, 1.54) is 6.92 Å². The maximum atomic E-state index is 10.6. The standard InChI is InChI=1S/C11H14O3/c1-8-4-10(7-14-9(2)12)6-11(5-8)13-3/h4-6H,7H2,1-3H3. The topological polar surface area (TPSA) is 35.5 Å². The van der Waals surface area contributed by atoms with Crippen LogP contribution in [0, 0.1) is 6.92 Å². The van der Waals surface area contributed by atoms with Crippen molar-refractivity contribution in [1.29, 1.82) is 0 Å². The van der Waals surface area contributed by atoms with Crippen LogP contribution in [0.15, 0.2) is 18.2 Å². The first-order chi connectivity index (χ1) is 6.61. The minimum atomic E-state index is -0.273. The average Bonchev–Trinajstić information content (AvgIpc) is 2.14. The van der Waals surface area contributed by atoms with Crippen molar-refractivity contribution in [2.24, 2.45) is 0 Å². The number of benzene rings is 1. The molecule has 0 N–H and O–H groups in total. The molecule has 0 unspecified atom stereocenters. The van der Waals surface area contributed by atoms with Crippen LogP contribution in [0.2, 0.25) is 0 Å². The molecule has 3 nitrogen and oxygen atoms in total. The minimum absolute atomic E-state index is 0.273. The number of hydrogen-bond acceptors (Lipinski definition) is 3. The fourth-order valence-electron chi connectivity index (χ4n) is 1.21. The van der Waals surface area contributed by atoms with Crippen molar-refractivity contribution in [3.8, 4) is 5.75 Å². The highest BCUT2D eigenvalue weighted by molar-refractivity contribution is 5.65. The first-order valence-electron chi connectivity index (χ1n) is 4.39. The second kappa shape index (κ2) is 4.65. The molecule has 0 aliphatic heterocycles. The molecule has 1 rings (SSSR count). The van der Waals surface area contributed by atoms with Crippen LogP contribution in [0.25, 0.3) is 0 Å². The largest absolute Gasteiger partial charge is 0.497 e. The summed E-state index contributed by atoms with van der Waals surface area (Å²) >= 11 is 0. The Morgan fingerprint density at radius 1 is 1.36 bits per heavy atom. The summed E-state index contributed by atoms with van der Waals surface area (Å²) in [5, 5.41) is 0. The molecular weight excluding hydrogens is 180 g/mol. The summed E-state index contributed by atoms with van der Waals surface area (Å²) in [6, 6.07) is 5.75. The predicted molar refractivity (Wildman–Crippen MR) is 53.2 cm³/mol. The average molecular weight is 194 g/mol. The van der Waals surface area contributed by atoms with E-state index in [2.05, 4.69) is 0 Å². The highest BCUT2D eigenvalue weighted by Crippen LogP contribution is 2.16. The zero-order valence-electron chi connectivity index (χ0n) is 8.66. The van der Waals surface area contributed by atoms with Gasteiger partial charge in [-0.2, -0.15) is 0 Å². The van der Waals surface area contributed by atoms with Crippen LogP contribution in [-0.2, 0) is 16.1 Å². The Morgan fingerprint density at radius 3 is 2.64 bits per heavy atom. The van der Waals surface area contributed by atoms with E-state index in [0.717, 1.165) is 16.9 Å². The van der Waals surface area contributed by atoms with Gasteiger partial charge in [-0.05, 0) is 30.2 Å². The highest BCUT2D eigenvalue weighted by Gasteiger charge is 2.00. The smallest absolute Gasteiger partial charge is 0.302 e. The predicted octanol–water partition coefficient (Wildman–Crippen LogP) is 2.07. The van der Waals surface area contributed by atoms with E-state index >= 15 is 0 Å². The fourth-order valence-corrected chi connectivity index (χ4v) is 1.21. The van der Waals surface area contributed by atoms with Gasteiger partial charge in [0.25, 0.3) is 0 Å². The zero-order chi connectivity index (χ0) is 10.6. The number of hydrogen-bond donors (Lipinski definition) is 0. The van der Waals surface area contributed by atoms with Gasteiger partial charge < -0.3 is 9.47 Å². The molecule has 0 radical (unpaired) electrons. The highest BCUT2D eigenvalue weighted by atomic mass is 16.5. The van der Waals surface area contributed by atoms with Gasteiger partial charge in [0.2, 0.25) is 0 Å². The summed E-state index contributed by atoms with van der Waals surface area (Å²) in [5.74, 6) is 0.512. The van der Waals surface area contributed by atoms with Gasteiger partial charge in [0.05, 0.1) is 7.11 Å². The van der Waals surface area contributed by atoms with Crippen molar-refractivity contribution in [3.05, 3.63) is 29.3 Å². The number of methoxy groups -OCH3 is 1. The van der Waals surface area contributed by atoms with E-state index in [0.29, 0.717) is 6.61 Å². The SMILES string of the molecule is COc1cc(C)cc(COC(C)=O)c1. The van der Waals surface area contributed by atoms with Gasteiger partial charge in [0, 0.05) is 6.92 Å². The van der Waals surface area contributed by atoms with Gasteiger partial charge in [0.15, 0.2) is 0 Å². The molecule has 0 heterocycles. The van der Waals surface area contributed by atoms with E-state index < -0.39 is 0 Å². The van der Waals surface area contributed by atoms with Crippen LogP contribution < -0.4 is 4.74 Å². The zero-order valence-corrected chi connectivity index (χ0v) is 8.66. The second-order valence-electron chi connectivity index (χ2n) is 3.14. The van der Waals surface area contributed by atoms with Gasteiger partial charge in [0.1, 0.15) is 12.4 Å². The van der Waals surface area contributed by atoms with Crippen LogP contribution in [0.4, 0.5) is 0 Å². The Bertz CT molecular complexity index is 331. The molecule has 0 fully saturated rings. The summed E-state index contributed by atoms with van der Waals surface area (Å²) in [7, 11) is 1.62. The number of carbonyl (C=O) groups is 1. The van der Waals surface area contributed by atoms with E-state index in [1.807, 2.05) is 25.1 Å². The number of ether oxygens (including phenoxy) is 2. The van der Waals surface area contributed by atoms with E-state index in [1.54, 1.807) is 7.11 Å². The van der Waals surface area contributed by atoms with Crippen molar-refractivity contribution in [2.75, 3.05) is 7.11 Å². The maximum absolute atomic E-state index is 10.6. The summed E-state index contributed by atoms with van der Waals surface area (Å²) in [6.45, 7) is 3.67. The van der Waals surface area contributed by atoms with E-state index in [9.17, 15) is 4.79 Å². The van der Waals surface area contributed by atoms with Gasteiger partial charge in [-0.15, -0.1) is 0 Å². The van der Waals surface area contributed by atoms with E-state index in [4.69, 9.17) is 9.47 Å². The molecule has 3 heteroatoms. The molecule has 0 spiro atoms. The Kier molecular flexibility index (Phi) is 3.51. The molecule has 0 saturated heterocycles. The molecule has 0 aliphatic carbocycles.